The van der Waals surface area contributed by atoms with Crippen LogP contribution in [0, 0.1) is 0 Å². The molecule has 27 heavy (non-hydrogen) atoms. The van der Waals surface area contributed by atoms with E-state index < -0.39 is 0 Å². The maximum absolute atomic E-state index is 12.6. The first-order valence-electron chi connectivity index (χ1n) is 9.82. The van der Waals surface area contributed by atoms with Gasteiger partial charge in [0.25, 0.3) is 5.91 Å². The number of likely N-dealkylation sites (tertiary alicyclic amines) is 1. The predicted molar refractivity (Wildman–Crippen MR) is 104 cm³/mol. The summed E-state index contributed by atoms with van der Waals surface area (Å²) in [5.41, 5.74) is 1.79. The number of carbonyl (C=O) groups excluding carboxylic acids is 1. The minimum Gasteiger partial charge on any atom is -0.369 e. The number of hydrogen-bond acceptors (Lipinski definition) is 6. The SMILES string of the molecule is O=C(c1cncc(N2CCC3(CC2)OCCc2ccsc23)n1)N1CCCC1. The van der Waals surface area contributed by atoms with E-state index in [9.17, 15) is 4.79 Å². The Morgan fingerprint density at radius 1 is 1.15 bits per heavy atom. The lowest BCUT2D eigenvalue weighted by molar-refractivity contribution is -0.0735. The molecular weight excluding hydrogens is 360 g/mol. The third-order valence-electron chi connectivity index (χ3n) is 6.04. The van der Waals surface area contributed by atoms with Crippen LogP contribution in [0.5, 0.6) is 0 Å². The van der Waals surface area contributed by atoms with Crippen LogP contribution in [0.2, 0.25) is 0 Å². The molecule has 1 amide bonds. The number of nitrogens with zero attached hydrogens (tertiary/aromatic N) is 4. The summed E-state index contributed by atoms with van der Waals surface area (Å²) < 4.78 is 6.29. The van der Waals surface area contributed by atoms with Crippen LogP contribution >= 0.6 is 11.3 Å². The van der Waals surface area contributed by atoms with Gasteiger partial charge in [0.05, 0.1) is 19.0 Å². The zero-order valence-electron chi connectivity index (χ0n) is 15.4. The lowest BCUT2D eigenvalue weighted by atomic mass is 9.85. The molecule has 6 nitrogen and oxygen atoms in total. The van der Waals surface area contributed by atoms with Crippen LogP contribution in [0.4, 0.5) is 5.82 Å². The van der Waals surface area contributed by atoms with Gasteiger partial charge in [-0.05, 0) is 49.1 Å². The Hall–Kier alpha value is -1.99. The van der Waals surface area contributed by atoms with Crippen LogP contribution in [0.3, 0.4) is 0 Å². The molecule has 5 rings (SSSR count). The van der Waals surface area contributed by atoms with Gasteiger partial charge in [-0.3, -0.25) is 9.78 Å². The van der Waals surface area contributed by atoms with Gasteiger partial charge in [-0.1, -0.05) is 0 Å². The van der Waals surface area contributed by atoms with Crippen LogP contribution in [-0.2, 0) is 16.8 Å². The average Bonchev–Trinajstić information content (AvgIpc) is 3.41. The maximum Gasteiger partial charge on any atom is 0.274 e. The maximum atomic E-state index is 12.6. The molecule has 142 valence electrons. The van der Waals surface area contributed by atoms with E-state index in [-0.39, 0.29) is 11.5 Å². The summed E-state index contributed by atoms with van der Waals surface area (Å²) >= 11 is 1.83. The quantitative estimate of drug-likeness (QED) is 0.797. The van der Waals surface area contributed by atoms with Gasteiger partial charge in [0.2, 0.25) is 0 Å². The van der Waals surface area contributed by atoms with Crippen molar-refractivity contribution in [1.29, 1.82) is 0 Å². The largest absolute Gasteiger partial charge is 0.369 e. The summed E-state index contributed by atoms with van der Waals surface area (Å²) in [7, 11) is 0. The molecule has 3 aliphatic rings. The van der Waals surface area contributed by atoms with Gasteiger partial charge in [-0.15, -0.1) is 11.3 Å². The Morgan fingerprint density at radius 2 is 1.96 bits per heavy atom. The van der Waals surface area contributed by atoms with Gasteiger partial charge in [0.1, 0.15) is 17.1 Å². The molecule has 2 fully saturated rings. The summed E-state index contributed by atoms with van der Waals surface area (Å²) in [6.07, 6.45) is 8.46. The summed E-state index contributed by atoms with van der Waals surface area (Å²) in [5, 5.41) is 2.19. The van der Waals surface area contributed by atoms with Crippen molar-refractivity contribution >= 4 is 23.1 Å². The van der Waals surface area contributed by atoms with Crippen LogP contribution < -0.4 is 4.90 Å². The summed E-state index contributed by atoms with van der Waals surface area (Å²) in [5.74, 6) is 0.811. The number of piperidine rings is 1. The Bertz CT molecular complexity index is 838. The molecule has 0 aliphatic carbocycles. The van der Waals surface area contributed by atoms with E-state index in [1.165, 1.54) is 10.4 Å². The number of carbonyl (C=O) groups is 1. The van der Waals surface area contributed by atoms with E-state index in [0.29, 0.717) is 5.69 Å². The molecule has 2 saturated heterocycles. The van der Waals surface area contributed by atoms with Crippen molar-refractivity contribution in [3.63, 3.8) is 0 Å². The molecule has 0 atom stereocenters. The third kappa shape index (κ3) is 3.02. The van der Waals surface area contributed by atoms with Gasteiger partial charge in [-0.2, -0.15) is 0 Å². The Balaban J connectivity index is 1.32. The first-order chi connectivity index (χ1) is 13.3. The summed E-state index contributed by atoms with van der Waals surface area (Å²) in [4.78, 5) is 27.1. The lowest BCUT2D eigenvalue weighted by Crippen LogP contribution is -2.46. The summed E-state index contributed by atoms with van der Waals surface area (Å²) in [6, 6.07) is 2.25. The highest BCUT2D eigenvalue weighted by molar-refractivity contribution is 7.10. The molecule has 0 saturated carbocycles. The minimum atomic E-state index is -0.130. The van der Waals surface area contributed by atoms with Crippen LogP contribution in [-0.4, -0.2) is 53.6 Å². The molecule has 2 aromatic heterocycles. The molecular formula is C20H24N4O2S. The second kappa shape index (κ2) is 6.87. The first-order valence-corrected chi connectivity index (χ1v) is 10.7. The van der Waals surface area contributed by atoms with Crippen molar-refractivity contribution in [3.8, 4) is 0 Å². The van der Waals surface area contributed by atoms with Gasteiger partial charge in [0, 0.05) is 31.1 Å². The number of ether oxygens (including phenoxy) is 1. The smallest absolute Gasteiger partial charge is 0.274 e. The zero-order chi connectivity index (χ0) is 18.3. The number of amides is 1. The Kier molecular flexibility index (Phi) is 4.36. The summed E-state index contributed by atoms with van der Waals surface area (Å²) in [6.45, 7) is 4.21. The van der Waals surface area contributed by atoms with Gasteiger partial charge >= 0.3 is 0 Å². The van der Waals surface area contributed by atoms with Gasteiger partial charge < -0.3 is 14.5 Å². The van der Waals surface area contributed by atoms with Crippen LogP contribution in [0.25, 0.3) is 0 Å². The molecule has 0 unspecified atom stereocenters. The average molecular weight is 385 g/mol. The Morgan fingerprint density at radius 3 is 2.78 bits per heavy atom. The standard InChI is InChI=1S/C20H24N4O2S/c25-19(24-7-1-2-8-24)16-13-21-14-17(22-16)23-9-5-20(6-10-23)18-15(3-11-26-20)4-12-27-18/h4,12-14H,1-3,5-11H2. The van der Waals surface area contributed by atoms with E-state index in [1.807, 2.05) is 16.2 Å². The fourth-order valence-corrected chi connectivity index (χ4v) is 5.68. The van der Waals surface area contributed by atoms with Crippen molar-refractivity contribution in [2.75, 3.05) is 37.7 Å². The van der Waals surface area contributed by atoms with E-state index >= 15 is 0 Å². The third-order valence-corrected chi connectivity index (χ3v) is 7.18. The van der Waals surface area contributed by atoms with E-state index in [4.69, 9.17) is 4.74 Å². The number of rotatable bonds is 2. The van der Waals surface area contributed by atoms with Crippen molar-refractivity contribution in [3.05, 3.63) is 40.0 Å². The van der Waals surface area contributed by atoms with Crippen LogP contribution in [0.15, 0.2) is 23.8 Å². The van der Waals surface area contributed by atoms with Gasteiger partial charge in [-0.25, -0.2) is 4.98 Å². The number of fused-ring (bicyclic) bond motifs is 2. The highest BCUT2D eigenvalue weighted by Crippen LogP contribution is 2.44. The highest BCUT2D eigenvalue weighted by Gasteiger charge is 2.42. The van der Waals surface area contributed by atoms with E-state index in [2.05, 4.69) is 26.3 Å². The van der Waals surface area contributed by atoms with Gasteiger partial charge in [0.15, 0.2) is 0 Å². The minimum absolute atomic E-state index is 0.00849. The molecule has 1 spiro atoms. The highest BCUT2D eigenvalue weighted by atomic mass is 32.1. The number of thiophene rings is 1. The molecule has 0 radical (unpaired) electrons. The fourth-order valence-electron chi connectivity index (χ4n) is 4.52. The zero-order valence-corrected chi connectivity index (χ0v) is 16.2. The Labute approximate surface area is 163 Å². The van der Waals surface area contributed by atoms with E-state index in [1.54, 1.807) is 12.4 Å². The fraction of sp³-hybridized carbons (Fsp3) is 0.550. The van der Waals surface area contributed by atoms with Crippen molar-refractivity contribution in [2.24, 2.45) is 0 Å². The van der Waals surface area contributed by atoms with Crippen molar-refractivity contribution in [2.45, 2.75) is 37.7 Å². The van der Waals surface area contributed by atoms with Crippen LogP contribution in [0.1, 0.15) is 46.6 Å². The van der Waals surface area contributed by atoms with E-state index in [0.717, 1.165) is 70.7 Å². The molecule has 0 N–H and O–H groups in total. The van der Waals surface area contributed by atoms with Crippen molar-refractivity contribution < 1.29 is 9.53 Å². The second-order valence-corrected chi connectivity index (χ2v) is 8.53. The monoisotopic (exact) mass is 384 g/mol. The molecule has 0 bridgehead atoms. The molecule has 3 aliphatic heterocycles. The van der Waals surface area contributed by atoms with Crippen molar-refractivity contribution in [1.82, 2.24) is 14.9 Å². The molecule has 2 aromatic rings. The normalized spacial score (nSPS) is 21.5. The predicted octanol–water partition coefficient (Wildman–Crippen LogP) is 2.84. The number of aromatic nitrogens is 2. The first kappa shape index (κ1) is 17.1. The molecule has 5 heterocycles. The molecule has 0 aromatic carbocycles. The number of hydrogen-bond donors (Lipinski definition) is 0. The number of anilines is 1. The lowest BCUT2D eigenvalue weighted by Gasteiger charge is -2.44. The second-order valence-electron chi connectivity index (χ2n) is 7.62. The topological polar surface area (TPSA) is 58.6 Å². The molecule has 7 heteroatoms.